The molecule has 0 radical (unpaired) electrons. The Labute approximate surface area is 76.2 Å². The molecule has 0 atom stereocenters. The lowest BCUT2D eigenvalue weighted by molar-refractivity contribution is 0.610. The van der Waals surface area contributed by atoms with E-state index >= 15 is 0 Å². The van der Waals surface area contributed by atoms with Crippen LogP contribution in [0.1, 0.15) is 32.6 Å². The molecule has 0 aliphatic rings. The summed E-state index contributed by atoms with van der Waals surface area (Å²) in [6, 6.07) is 0. The van der Waals surface area contributed by atoms with E-state index in [2.05, 4.69) is 24.4 Å². The first-order valence-electron chi connectivity index (χ1n) is 4.93. The monoisotopic (exact) mass is 170 g/mol. The highest BCUT2D eigenvalue weighted by atomic mass is 14.8. The summed E-state index contributed by atoms with van der Waals surface area (Å²) in [5.74, 6) is 0. The maximum atomic E-state index is 5.38. The lowest BCUT2D eigenvalue weighted by Gasteiger charge is -2.01. The van der Waals surface area contributed by atoms with Crippen molar-refractivity contribution in [1.82, 2.24) is 5.32 Å². The number of hydrogen-bond donors (Lipinski definition) is 2. The van der Waals surface area contributed by atoms with Crippen LogP contribution < -0.4 is 11.1 Å². The van der Waals surface area contributed by atoms with E-state index in [4.69, 9.17) is 5.73 Å². The zero-order chi connectivity index (χ0) is 9.07. The molecule has 0 aromatic carbocycles. The third kappa shape index (κ3) is 9.66. The molecule has 0 spiro atoms. The maximum absolute atomic E-state index is 5.38. The lowest BCUT2D eigenvalue weighted by Crippen LogP contribution is -2.16. The number of hydrogen-bond acceptors (Lipinski definition) is 2. The molecule has 0 aromatic rings. The van der Waals surface area contributed by atoms with E-state index in [9.17, 15) is 0 Å². The van der Waals surface area contributed by atoms with E-state index < -0.39 is 0 Å². The normalized spacial score (nSPS) is 11.2. The van der Waals surface area contributed by atoms with E-state index in [1.165, 1.54) is 12.8 Å². The van der Waals surface area contributed by atoms with Crippen LogP contribution in [0.2, 0.25) is 0 Å². The van der Waals surface area contributed by atoms with Crippen molar-refractivity contribution in [3.8, 4) is 0 Å². The summed E-state index contributed by atoms with van der Waals surface area (Å²) in [5.41, 5.74) is 5.38. The van der Waals surface area contributed by atoms with E-state index in [-0.39, 0.29) is 0 Å². The molecule has 0 fully saturated rings. The molecular formula is C10H22N2. The number of allylic oxidation sites excluding steroid dienone is 1. The molecule has 12 heavy (non-hydrogen) atoms. The van der Waals surface area contributed by atoms with Crippen molar-refractivity contribution in [1.29, 1.82) is 0 Å². The highest BCUT2D eigenvalue weighted by Crippen LogP contribution is 1.91. The van der Waals surface area contributed by atoms with Crippen LogP contribution in [0.15, 0.2) is 12.2 Å². The zero-order valence-corrected chi connectivity index (χ0v) is 8.18. The molecule has 0 rings (SSSR count). The first kappa shape index (κ1) is 11.7. The average Bonchev–Trinajstić information content (AvgIpc) is 2.10. The van der Waals surface area contributed by atoms with Gasteiger partial charge in [0.05, 0.1) is 0 Å². The summed E-state index contributed by atoms with van der Waals surface area (Å²) in [5, 5.41) is 3.39. The molecule has 0 bridgehead atoms. The molecule has 3 N–H and O–H groups in total. The molecule has 0 saturated carbocycles. The van der Waals surface area contributed by atoms with Gasteiger partial charge in [0.1, 0.15) is 0 Å². The standard InChI is InChI=1S/C10H22N2/c1-2-3-6-9-12-10-7-4-5-8-11/h2-3,12H,4-11H2,1H3/b3-2+. The van der Waals surface area contributed by atoms with Gasteiger partial charge in [0.2, 0.25) is 0 Å². The van der Waals surface area contributed by atoms with Crippen molar-refractivity contribution < 1.29 is 0 Å². The second-order valence-electron chi connectivity index (χ2n) is 2.96. The van der Waals surface area contributed by atoms with Crippen molar-refractivity contribution in [3.05, 3.63) is 12.2 Å². The number of unbranched alkanes of at least 4 members (excludes halogenated alkanes) is 2. The minimum Gasteiger partial charge on any atom is -0.330 e. The maximum Gasteiger partial charge on any atom is -0.00143 e. The van der Waals surface area contributed by atoms with Gasteiger partial charge in [-0.05, 0) is 45.8 Å². The predicted molar refractivity (Wildman–Crippen MR) is 55.2 cm³/mol. The second-order valence-corrected chi connectivity index (χ2v) is 2.96. The third-order valence-electron chi connectivity index (χ3n) is 1.78. The van der Waals surface area contributed by atoms with Crippen LogP contribution in [0.25, 0.3) is 0 Å². The van der Waals surface area contributed by atoms with Crippen LogP contribution >= 0.6 is 0 Å². The summed E-state index contributed by atoms with van der Waals surface area (Å²) >= 11 is 0. The molecular weight excluding hydrogens is 148 g/mol. The van der Waals surface area contributed by atoms with Crippen molar-refractivity contribution in [2.24, 2.45) is 5.73 Å². The van der Waals surface area contributed by atoms with Gasteiger partial charge in [-0.1, -0.05) is 18.6 Å². The van der Waals surface area contributed by atoms with Crippen LogP contribution in [0, 0.1) is 0 Å². The Morgan fingerprint density at radius 2 is 2.00 bits per heavy atom. The van der Waals surface area contributed by atoms with E-state index in [1.54, 1.807) is 0 Å². The number of nitrogens with one attached hydrogen (secondary N) is 1. The quantitative estimate of drug-likeness (QED) is 0.429. The summed E-state index contributed by atoms with van der Waals surface area (Å²) in [6.45, 7) is 5.13. The largest absolute Gasteiger partial charge is 0.330 e. The molecule has 0 aliphatic carbocycles. The summed E-state index contributed by atoms with van der Waals surface area (Å²) in [7, 11) is 0. The molecule has 0 aliphatic heterocycles. The van der Waals surface area contributed by atoms with E-state index in [1.807, 2.05) is 0 Å². The molecule has 0 aromatic heterocycles. The van der Waals surface area contributed by atoms with E-state index in [0.29, 0.717) is 0 Å². The van der Waals surface area contributed by atoms with Crippen LogP contribution in [0.3, 0.4) is 0 Å². The molecule has 0 saturated heterocycles. The minimum atomic E-state index is 0.832. The van der Waals surface area contributed by atoms with Crippen LogP contribution in [-0.2, 0) is 0 Å². The molecule has 0 heterocycles. The fourth-order valence-corrected chi connectivity index (χ4v) is 1.05. The Morgan fingerprint density at radius 3 is 2.67 bits per heavy atom. The predicted octanol–water partition coefficient (Wildman–Crippen LogP) is 1.67. The third-order valence-corrected chi connectivity index (χ3v) is 1.78. The smallest absolute Gasteiger partial charge is 0.00143 e. The second kappa shape index (κ2) is 10.7. The van der Waals surface area contributed by atoms with Gasteiger partial charge in [0, 0.05) is 0 Å². The first-order valence-corrected chi connectivity index (χ1v) is 4.93. The van der Waals surface area contributed by atoms with Crippen LogP contribution in [-0.4, -0.2) is 19.6 Å². The van der Waals surface area contributed by atoms with Gasteiger partial charge < -0.3 is 11.1 Å². The fourth-order valence-electron chi connectivity index (χ4n) is 1.05. The van der Waals surface area contributed by atoms with Gasteiger partial charge in [-0.3, -0.25) is 0 Å². The summed E-state index contributed by atoms with van der Waals surface area (Å²) in [4.78, 5) is 0. The van der Waals surface area contributed by atoms with Gasteiger partial charge in [-0.15, -0.1) is 0 Å². The van der Waals surface area contributed by atoms with Gasteiger partial charge in [0.25, 0.3) is 0 Å². The SMILES string of the molecule is C/C=C/CCNCCCCCN. The van der Waals surface area contributed by atoms with Gasteiger partial charge in [-0.25, -0.2) is 0 Å². The Morgan fingerprint density at radius 1 is 1.17 bits per heavy atom. The molecule has 2 heteroatoms. The molecule has 2 nitrogen and oxygen atoms in total. The van der Waals surface area contributed by atoms with Crippen molar-refractivity contribution in [3.63, 3.8) is 0 Å². The number of nitrogens with two attached hydrogens (primary N) is 1. The molecule has 0 unspecified atom stereocenters. The Bertz CT molecular complexity index is 100. The zero-order valence-electron chi connectivity index (χ0n) is 8.18. The highest BCUT2D eigenvalue weighted by molar-refractivity contribution is 4.77. The molecule has 72 valence electrons. The van der Waals surface area contributed by atoms with Gasteiger partial charge >= 0.3 is 0 Å². The van der Waals surface area contributed by atoms with Gasteiger partial charge in [0.15, 0.2) is 0 Å². The fraction of sp³-hybridized carbons (Fsp3) is 0.800. The number of rotatable bonds is 8. The minimum absolute atomic E-state index is 0.832. The Hall–Kier alpha value is -0.340. The summed E-state index contributed by atoms with van der Waals surface area (Å²) < 4.78 is 0. The van der Waals surface area contributed by atoms with Crippen molar-refractivity contribution in [2.45, 2.75) is 32.6 Å². The van der Waals surface area contributed by atoms with Gasteiger partial charge in [-0.2, -0.15) is 0 Å². The lowest BCUT2D eigenvalue weighted by atomic mass is 10.2. The Balaban J connectivity index is 2.81. The summed E-state index contributed by atoms with van der Waals surface area (Å²) in [6.07, 6.45) is 9.10. The van der Waals surface area contributed by atoms with Crippen molar-refractivity contribution in [2.75, 3.05) is 19.6 Å². The van der Waals surface area contributed by atoms with Crippen LogP contribution in [0.5, 0.6) is 0 Å². The van der Waals surface area contributed by atoms with Crippen LogP contribution in [0.4, 0.5) is 0 Å². The average molecular weight is 170 g/mol. The molecule has 0 amide bonds. The topological polar surface area (TPSA) is 38.0 Å². The highest BCUT2D eigenvalue weighted by Gasteiger charge is 1.86. The van der Waals surface area contributed by atoms with Crippen molar-refractivity contribution >= 4 is 0 Å². The first-order chi connectivity index (χ1) is 5.91. The van der Waals surface area contributed by atoms with E-state index in [0.717, 1.165) is 32.5 Å². The Kier molecular flexibility index (Phi) is 10.4.